The van der Waals surface area contributed by atoms with Crippen molar-refractivity contribution < 1.29 is 4.79 Å². The van der Waals surface area contributed by atoms with Gasteiger partial charge in [-0.3, -0.25) is 4.79 Å². The molecule has 1 fully saturated rings. The van der Waals surface area contributed by atoms with E-state index in [0.29, 0.717) is 6.04 Å². The van der Waals surface area contributed by atoms with Crippen LogP contribution >= 0.6 is 11.3 Å². The van der Waals surface area contributed by atoms with Gasteiger partial charge in [-0.25, -0.2) is 0 Å². The summed E-state index contributed by atoms with van der Waals surface area (Å²) in [6.07, 6.45) is 4.84. The molecule has 1 saturated heterocycles. The SMILES string of the molecule is O=Cc1cc2c(s1)NCC1CCCCN21. The maximum absolute atomic E-state index is 10.7. The third-order valence-electron chi connectivity index (χ3n) is 3.28. The zero-order valence-electron chi connectivity index (χ0n) is 8.53. The lowest BCUT2D eigenvalue weighted by Crippen LogP contribution is -2.46. The molecule has 1 N–H and O–H groups in total. The van der Waals surface area contributed by atoms with Crippen LogP contribution in [0.4, 0.5) is 10.7 Å². The smallest absolute Gasteiger partial charge is 0.160 e. The maximum Gasteiger partial charge on any atom is 0.160 e. The van der Waals surface area contributed by atoms with Gasteiger partial charge in [0, 0.05) is 19.1 Å². The van der Waals surface area contributed by atoms with E-state index in [2.05, 4.69) is 10.2 Å². The van der Waals surface area contributed by atoms with Crippen LogP contribution in [0.1, 0.15) is 28.9 Å². The van der Waals surface area contributed by atoms with Gasteiger partial charge >= 0.3 is 0 Å². The van der Waals surface area contributed by atoms with Crippen LogP contribution in [0.3, 0.4) is 0 Å². The van der Waals surface area contributed by atoms with Crippen molar-refractivity contribution in [2.24, 2.45) is 0 Å². The Bertz CT molecular complexity index is 388. The minimum Gasteiger partial charge on any atom is -0.373 e. The van der Waals surface area contributed by atoms with Gasteiger partial charge in [0.25, 0.3) is 0 Å². The van der Waals surface area contributed by atoms with Gasteiger partial charge in [0.05, 0.1) is 10.6 Å². The molecule has 3 heterocycles. The molecule has 0 spiro atoms. The second kappa shape index (κ2) is 3.52. The zero-order valence-corrected chi connectivity index (χ0v) is 9.35. The lowest BCUT2D eigenvalue weighted by atomic mass is 10.00. The number of anilines is 2. The van der Waals surface area contributed by atoms with Crippen molar-refractivity contribution in [1.29, 1.82) is 0 Å². The molecule has 80 valence electrons. The molecule has 0 bridgehead atoms. The third kappa shape index (κ3) is 1.44. The van der Waals surface area contributed by atoms with Crippen LogP contribution in [0.2, 0.25) is 0 Å². The van der Waals surface area contributed by atoms with Crippen molar-refractivity contribution in [2.45, 2.75) is 25.3 Å². The first-order valence-electron chi connectivity index (χ1n) is 5.48. The van der Waals surface area contributed by atoms with Crippen LogP contribution in [0.5, 0.6) is 0 Å². The van der Waals surface area contributed by atoms with E-state index in [4.69, 9.17) is 0 Å². The number of nitrogens with one attached hydrogen (secondary N) is 1. The second-order valence-corrected chi connectivity index (χ2v) is 5.29. The molecule has 0 amide bonds. The van der Waals surface area contributed by atoms with Crippen molar-refractivity contribution in [2.75, 3.05) is 23.3 Å². The number of piperidine rings is 1. The quantitative estimate of drug-likeness (QED) is 0.740. The first kappa shape index (κ1) is 9.21. The molecule has 1 unspecified atom stereocenters. The fourth-order valence-electron chi connectivity index (χ4n) is 2.54. The summed E-state index contributed by atoms with van der Waals surface area (Å²) < 4.78 is 0. The number of thiophene rings is 1. The van der Waals surface area contributed by atoms with Gasteiger partial charge in [0.15, 0.2) is 6.29 Å². The van der Waals surface area contributed by atoms with Crippen LogP contribution in [-0.2, 0) is 0 Å². The summed E-state index contributed by atoms with van der Waals surface area (Å²) in [5.41, 5.74) is 1.25. The number of fused-ring (bicyclic) bond motifs is 3. The Labute approximate surface area is 93.1 Å². The molecule has 0 aromatic carbocycles. The highest BCUT2D eigenvalue weighted by atomic mass is 32.1. The van der Waals surface area contributed by atoms with Crippen LogP contribution in [0.25, 0.3) is 0 Å². The maximum atomic E-state index is 10.7. The van der Waals surface area contributed by atoms with Crippen molar-refractivity contribution >= 4 is 28.3 Å². The topological polar surface area (TPSA) is 32.3 Å². The molecular weight excluding hydrogens is 208 g/mol. The summed E-state index contributed by atoms with van der Waals surface area (Å²) in [7, 11) is 0. The average molecular weight is 222 g/mol. The molecule has 3 nitrogen and oxygen atoms in total. The number of nitrogens with zero attached hydrogens (tertiary/aromatic N) is 1. The summed E-state index contributed by atoms with van der Waals surface area (Å²) in [5, 5.41) is 4.61. The predicted molar refractivity (Wildman–Crippen MR) is 63.2 cm³/mol. The van der Waals surface area contributed by atoms with Crippen LogP contribution in [-0.4, -0.2) is 25.4 Å². The Morgan fingerprint density at radius 3 is 3.33 bits per heavy atom. The van der Waals surface area contributed by atoms with Gasteiger partial charge in [-0.1, -0.05) is 0 Å². The summed E-state index contributed by atoms with van der Waals surface area (Å²) >= 11 is 1.57. The molecule has 2 aliphatic rings. The molecule has 2 aliphatic heterocycles. The van der Waals surface area contributed by atoms with Gasteiger partial charge in [-0.15, -0.1) is 11.3 Å². The van der Waals surface area contributed by atoms with Crippen molar-refractivity contribution in [3.63, 3.8) is 0 Å². The Morgan fingerprint density at radius 2 is 2.47 bits per heavy atom. The monoisotopic (exact) mass is 222 g/mol. The molecule has 15 heavy (non-hydrogen) atoms. The van der Waals surface area contributed by atoms with Gasteiger partial charge in [0.2, 0.25) is 0 Å². The van der Waals surface area contributed by atoms with E-state index in [1.807, 2.05) is 6.07 Å². The average Bonchev–Trinajstić information content (AvgIpc) is 2.72. The molecule has 0 radical (unpaired) electrons. The minimum absolute atomic E-state index is 0.639. The van der Waals surface area contributed by atoms with Crippen molar-refractivity contribution in [3.05, 3.63) is 10.9 Å². The molecule has 3 rings (SSSR count). The number of rotatable bonds is 1. The summed E-state index contributed by atoms with van der Waals surface area (Å²) in [6, 6.07) is 2.66. The van der Waals surface area contributed by atoms with Gasteiger partial charge in [-0.05, 0) is 25.3 Å². The molecule has 1 aromatic heterocycles. The number of hydrogen-bond acceptors (Lipinski definition) is 4. The van der Waals surface area contributed by atoms with E-state index in [9.17, 15) is 4.79 Å². The van der Waals surface area contributed by atoms with Crippen molar-refractivity contribution in [1.82, 2.24) is 0 Å². The molecule has 0 saturated carbocycles. The number of carbonyl (C=O) groups is 1. The number of carbonyl (C=O) groups excluding carboxylic acids is 1. The Morgan fingerprint density at radius 1 is 1.53 bits per heavy atom. The molecule has 1 aromatic rings. The lowest BCUT2D eigenvalue weighted by Gasteiger charge is -2.41. The third-order valence-corrected chi connectivity index (χ3v) is 4.29. The first-order chi connectivity index (χ1) is 7.38. The zero-order chi connectivity index (χ0) is 10.3. The van der Waals surface area contributed by atoms with E-state index in [-0.39, 0.29) is 0 Å². The molecule has 1 atom stereocenters. The standard InChI is InChI=1S/C11H14N2OS/c14-7-9-5-10-11(15-9)12-6-8-3-1-2-4-13(8)10/h5,7-8,12H,1-4,6H2. The van der Waals surface area contributed by atoms with Crippen LogP contribution < -0.4 is 10.2 Å². The summed E-state index contributed by atoms with van der Waals surface area (Å²) in [5.74, 6) is 0. The molecule has 0 aliphatic carbocycles. The van der Waals surface area contributed by atoms with Crippen molar-refractivity contribution in [3.8, 4) is 0 Å². The van der Waals surface area contributed by atoms with E-state index < -0.39 is 0 Å². The highest BCUT2D eigenvalue weighted by Gasteiger charge is 2.29. The molecule has 4 heteroatoms. The Kier molecular flexibility index (Phi) is 2.16. The fraction of sp³-hybridized carbons (Fsp3) is 0.545. The minimum atomic E-state index is 0.639. The number of hydrogen-bond donors (Lipinski definition) is 1. The van der Waals surface area contributed by atoms with Crippen LogP contribution in [0.15, 0.2) is 6.07 Å². The fourth-order valence-corrected chi connectivity index (χ4v) is 3.43. The number of aldehydes is 1. The van der Waals surface area contributed by atoms with E-state index in [1.165, 1.54) is 30.0 Å². The largest absolute Gasteiger partial charge is 0.373 e. The van der Waals surface area contributed by atoms with Gasteiger partial charge in [-0.2, -0.15) is 0 Å². The Hall–Kier alpha value is -1.03. The highest BCUT2D eigenvalue weighted by Crippen LogP contribution is 2.40. The van der Waals surface area contributed by atoms with E-state index >= 15 is 0 Å². The van der Waals surface area contributed by atoms with E-state index in [0.717, 1.165) is 24.3 Å². The summed E-state index contributed by atoms with van der Waals surface area (Å²) in [6.45, 7) is 2.18. The van der Waals surface area contributed by atoms with Gasteiger partial charge < -0.3 is 10.2 Å². The summed E-state index contributed by atoms with van der Waals surface area (Å²) in [4.78, 5) is 14.1. The Balaban J connectivity index is 1.98. The van der Waals surface area contributed by atoms with E-state index in [1.54, 1.807) is 11.3 Å². The van der Waals surface area contributed by atoms with Gasteiger partial charge in [0.1, 0.15) is 5.00 Å². The highest BCUT2D eigenvalue weighted by molar-refractivity contribution is 7.18. The molecular formula is C11H14N2OS. The normalized spacial score (nSPS) is 24.0. The lowest BCUT2D eigenvalue weighted by molar-refractivity contribution is 0.112. The second-order valence-electron chi connectivity index (χ2n) is 4.20. The first-order valence-corrected chi connectivity index (χ1v) is 6.29. The predicted octanol–water partition coefficient (Wildman–Crippen LogP) is 2.34. The van der Waals surface area contributed by atoms with Crippen LogP contribution in [0, 0.1) is 0 Å².